The molecule has 16 heavy (non-hydrogen) atoms. The van der Waals surface area contributed by atoms with Crippen LogP contribution in [0.5, 0.6) is 0 Å². The molecule has 0 aromatic carbocycles. The Labute approximate surface area is 94.3 Å². The predicted molar refractivity (Wildman–Crippen MR) is 63.0 cm³/mol. The summed E-state index contributed by atoms with van der Waals surface area (Å²) in [6.07, 6.45) is 2.33. The fraction of sp³-hybridized carbons (Fsp3) is 0.455. The predicted octanol–water partition coefficient (Wildman–Crippen LogP) is 0.345. The molecule has 5 nitrogen and oxygen atoms in total. The van der Waals surface area contributed by atoms with E-state index in [0.29, 0.717) is 5.69 Å². The second-order valence-corrected chi connectivity index (χ2v) is 3.81. The topological polar surface area (TPSA) is 77.1 Å². The maximum Gasteiger partial charge on any atom is 0.251 e. The monoisotopic (exact) mass is 223 g/mol. The highest BCUT2D eigenvalue weighted by Gasteiger charge is 2.07. The van der Waals surface area contributed by atoms with E-state index >= 15 is 0 Å². The van der Waals surface area contributed by atoms with Gasteiger partial charge in [-0.25, -0.2) is 0 Å². The summed E-state index contributed by atoms with van der Waals surface area (Å²) in [5.41, 5.74) is 5.78. The third-order valence-corrected chi connectivity index (χ3v) is 2.34. The minimum Gasteiger partial charge on any atom is -0.398 e. The summed E-state index contributed by atoms with van der Waals surface area (Å²) in [5, 5.41) is 2.79. The summed E-state index contributed by atoms with van der Waals surface area (Å²) in [5.74, 6) is -0.179. The van der Waals surface area contributed by atoms with Gasteiger partial charge in [-0.15, -0.1) is 0 Å². The lowest BCUT2D eigenvalue weighted by Gasteiger charge is -2.12. The molecule has 1 amide bonds. The maximum absolute atomic E-state index is 11.5. The molecule has 0 aliphatic rings. The van der Waals surface area contributed by atoms with Gasteiger partial charge in [0.25, 0.3) is 5.56 Å². The Bertz CT molecular complexity index is 425. The molecule has 1 atom stereocenters. The van der Waals surface area contributed by atoms with E-state index in [9.17, 15) is 9.59 Å². The van der Waals surface area contributed by atoms with Crippen molar-refractivity contribution in [1.29, 1.82) is 0 Å². The van der Waals surface area contributed by atoms with Crippen molar-refractivity contribution in [1.82, 2.24) is 9.88 Å². The van der Waals surface area contributed by atoms with Gasteiger partial charge in [-0.3, -0.25) is 9.59 Å². The second-order valence-electron chi connectivity index (χ2n) is 3.81. The number of pyridine rings is 1. The molecule has 0 fully saturated rings. The summed E-state index contributed by atoms with van der Waals surface area (Å²) in [7, 11) is 0. The van der Waals surface area contributed by atoms with Gasteiger partial charge < -0.3 is 15.6 Å². The number of carbonyl (C=O) groups excluding carboxylic acids is 1. The molecule has 1 rings (SSSR count). The van der Waals surface area contributed by atoms with Gasteiger partial charge in [-0.2, -0.15) is 0 Å². The molecule has 5 heteroatoms. The highest BCUT2D eigenvalue weighted by atomic mass is 16.2. The number of carbonyl (C=O) groups is 1. The first kappa shape index (κ1) is 12.3. The van der Waals surface area contributed by atoms with Gasteiger partial charge >= 0.3 is 0 Å². The van der Waals surface area contributed by atoms with E-state index in [0.717, 1.165) is 6.42 Å². The number of nitrogens with one attached hydrogen (secondary N) is 1. The third kappa shape index (κ3) is 3.42. The summed E-state index contributed by atoms with van der Waals surface area (Å²) in [6.45, 7) is 3.91. The van der Waals surface area contributed by atoms with Gasteiger partial charge in [0.15, 0.2) is 0 Å². The van der Waals surface area contributed by atoms with Crippen molar-refractivity contribution in [2.24, 2.45) is 0 Å². The van der Waals surface area contributed by atoms with E-state index in [-0.39, 0.29) is 24.1 Å². The molecule has 1 heterocycles. The fourth-order valence-electron chi connectivity index (χ4n) is 1.25. The number of rotatable bonds is 4. The zero-order valence-electron chi connectivity index (χ0n) is 9.56. The van der Waals surface area contributed by atoms with Crippen LogP contribution in [0, 0.1) is 0 Å². The first-order valence-electron chi connectivity index (χ1n) is 5.28. The van der Waals surface area contributed by atoms with Crippen molar-refractivity contribution >= 4 is 11.6 Å². The minimum absolute atomic E-state index is 0.00815. The van der Waals surface area contributed by atoms with Crippen LogP contribution in [0.2, 0.25) is 0 Å². The number of nitrogens with zero attached hydrogens (tertiary/aromatic N) is 1. The first-order valence-corrected chi connectivity index (χ1v) is 5.28. The van der Waals surface area contributed by atoms with E-state index in [1.807, 2.05) is 13.8 Å². The smallest absolute Gasteiger partial charge is 0.251 e. The van der Waals surface area contributed by atoms with Crippen molar-refractivity contribution < 1.29 is 4.79 Å². The SMILES string of the molecule is CCC(C)NC(=O)Cn1cc(N)ccc1=O. The number of hydrogen-bond donors (Lipinski definition) is 2. The fourth-order valence-corrected chi connectivity index (χ4v) is 1.25. The lowest BCUT2D eigenvalue weighted by atomic mass is 10.2. The van der Waals surface area contributed by atoms with E-state index in [1.54, 1.807) is 0 Å². The lowest BCUT2D eigenvalue weighted by molar-refractivity contribution is -0.122. The molecule has 88 valence electrons. The number of anilines is 1. The van der Waals surface area contributed by atoms with Gasteiger partial charge in [-0.05, 0) is 19.4 Å². The van der Waals surface area contributed by atoms with Crippen LogP contribution in [0.25, 0.3) is 0 Å². The largest absolute Gasteiger partial charge is 0.398 e. The third-order valence-electron chi connectivity index (χ3n) is 2.34. The van der Waals surface area contributed by atoms with Crippen LogP contribution in [0.1, 0.15) is 20.3 Å². The Morgan fingerprint density at radius 1 is 1.56 bits per heavy atom. The molecular formula is C11H17N3O2. The highest BCUT2D eigenvalue weighted by molar-refractivity contribution is 5.76. The van der Waals surface area contributed by atoms with Crippen LogP contribution < -0.4 is 16.6 Å². The Hall–Kier alpha value is -1.78. The maximum atomic E-state index is 11.5. The second kappa shape index (κ2) is 5.34. The summed E-state index contributed by atoms with van der Waals surface area (Å²) in [4.78, 5) is 22.9. The molecule has 3 N–H and O–H groups in total. The van der Waals surface area contributed by atoms with Crippen molar-refractivity contribution in [2.45, 2.75) is 32.9 Å². The van der Waals surface area contributed by atoms with Gasteiger partial charge in [0, 0.05) is 24.0 Å². The van der Waals surface area contributed by atoms with E-state index < -0.39 is 0 Å². The summed E-state index contributed by atoms with van der Waals surface area (Å²) in [6, 6.07) is 2.99. The van der Waals surface area contributed by atoms with Gasteiger partial charge in [0.05, 0.1) is 0 Å². The van der Waals surface area contributed by atoms with Gasteiger partial charge in [0.2, 0.25) is 5.91 Å². The molecule has 0 aliphatic heterocycles. The van der Waals surface area contributed by atoms with Crippen molar-refractivity contribution in [3.8, 4) is 0 Å². The number of hydrogen-bond acceptors (Lipinski definition) is 3. The molecule has 0 bridgehead atoms. The van der Waals surface area contributed by atoms with Crippen LogP contribution in [0.4, 0.5) is 5.69 Å². The van der Waals surface area contributed by atoms with Gasteiger partial charge in [0.1, 0.15) is 6.54 Å². The number of aromatic nitrogens is 1. The lowest BCUT2D eigenvalue weighted by Crippen LogP contribution is -2.36. The van der Waals surface area contributed by atoms with Crippen LogP contribution in [0.3, 0.4) is 0 Å². The first-order chi connectivity index (χ1) is 7.52. The normalized spacial score (nSPS) is 12.1. The molecule has 1 aromatic rings. The zero-order chi connectivity index (χ0) is 12.1. The van der Waals surface area contributed by atoms with Crippen LogP contribution in [-0.2, 0) is 11.3 Å². The highest BCUT2D eigenvalue weighted by Crippen LogP contribution is 1.96. The average Bonchev–Trinajstić information content (AvgIpc) is 2.23. The molecule has 0 spiro atoms. The Morgan fingerprint density at radius 2 is 2.25 bits per heavy atom. The zero-order valence-corrected chi connectivity index (χ0v) is 9.56. The minimum atomic E-state index is -0.228. The van der Waals surface area contributed by atoms with Crippen LogP contribution in [0.15, 0.2) is 23.1 Å². The van der Waals surface area contributed by atoms with E-state index in [2.05, 4.69) is 5.32 Å². The van der Waals surface area contributed by atoms with E-state index in [1.165, 1.54) is 22.9 Å². The molecule has 0 aliphatic carbocycles. The summed E-state index contributed by atoms with van der Waals surface area (Å²) >= 11 is 0. The molecular weight excluding hydrogens is 206 g/mol. The van der Waals surface area contributed by atoms with Crippen LogP contribution >= 0.6 is 0 Å². The average molecular weight is 223 g/mol. The molecule has 0 saturated carbocycles. The molecule has 1 unspecified atom stereocenters. The molecule has 1 aromatic heterocycles. The van der Waals surface area contributed by atoms with Crippen molar-refractivity contribution in [3.05, 3.63) is 28.7 Å². The van der Waals surface area contributed by atoms with Crippen molar-refractivity contribution in [3.63, 3.8) is 0 Å². The van der Waals surface area contributed by atoms with Crippen molar-refractivity contribution in [2.75, 3.05) is 5.73 Å². The van der Waals surface area contributed by atoms with Gasteiger partial charge in [-0.1, -0.05) is 6.92 Å². The molecule has 0 radical (unpaired) electrons. The standard InChI is InChI=1S/C11H17N3O2/c1-3-8(2)13-10(15)7-14-6-9(12)4-5-11(14)16/h4-6,8H,3,7,12H2,1-2H3,(H,13,15). The Kier molecular flexibility index (Phi) is 4.10. The van der Waals surface area contributed by atoms with E-state index in [4.69, 9.17) is 5.73 Å². The summed E-state index contributed by atoms with van der Waals surface area (Å²) < 4.78 is 1.30. The number of amides is 1. The number of nitrogen functional groups attached to an aromatic ring is 1. The Balaban J connectivity index is 2.69. The van der Waals surface area contributed by atoms with Crippen LogP contribution in [-0.4, -0.2) is 16.5 Å². The quantitative estimate of drug-likeness (QED) is 0.773. The number of nitrogens with two attached hydrogens (primary N) is 1. The molecule has 0 saturated heterocycles. The Morgan fingerprint density at radius 3 is 2.88 bits per heavy atom.